The van der Waals surface area contributed by atoms with Crippen LogP contribution < -0.4 is 0 Å². The maximum atomic E-state index is 5.71. The van der Waals surface area contributed by atoms with Crippen molar-refractivity contribution in [3.63, 3.8) is 0 Å². The predicted octanol–water partition coefficient (Wildman–Crippen LogP) is 1.69. The fourth-order valence-corrected chi connectivity index (χ4v) is 2.21. The SMILES string of the molecule is COC1(c2nnc(-c3ocnc3C)o2)CCOCC1. The van der Waals surface area contributed by atoms with Gasteiger partial charge in [0.2, 0.25) is 11.7 Å². The maximum Gasteiger partial charge on any atom is 0.285 e. The molecule has 7 heteroatoms. The van der Waals surface area contributed by atoms with Crippen LogP contribution in [0.3, 0.4) is 0 Å². The van der Waals surface area contributed by atoms with E-state index in [0.717, 1.165) is 0 Å². The van der Waals surface area contributed by atoms with E-state index in [1.807, 2.05) is 6.92 Å². The molecule has 1 aliphatic heterocycles. The number of aryl methyl sites for hydroxylation is 1. The molecule has 3 heterocycles. The molecule has 1 fully saturated rings. The Kier molecular flexibility index (Phi) is 3.08. The van der Waals surface area contributed by atoms with Gasteiger partial charge in [0, 0.05) is 33.2 Å². The molecule has 7 nitrogen and oxygen atoms in total. The van der Waals surface area contributed by atoms with Crippen LogP contribution >= 0.6 is 0 Å². The van der Waals surface area contributed by atoms with Crippen LogP contribution in [0.2, 0.25) is 0 Å². The van der Waals surface area contributed by atoms with Crippen molar-refractivity contribution < 1.29 is 18.3 Å². The van der Waals surface area contributed by atoms with E-state index < -0.39 is 5.60 Å². The minimum Gasteiger partial charge on any atom is -0.438 e. The van der Waals surface area contributed by atoms with Crippen molar-refractivity contribution >= 4 is 0 Å². The average molecular weight is 265 g/mol. The summed E-state index contributed by atoms with van der Waals surface area (Å²) in [6.45, 7) is 3.06. The first-order valence-electron chi connectivity index (χ1n) is 6.12. The first-order chi connectivity index (χ1) is 9.25. The van der Waals surface area contributed by atoms with Gasteiger partial charge in [-0.2, -0.15) is 0 Å². The zero-order valence-corrected chi connectivity index (χ0v) is 10.9. The van der Waals surface area contributed by atoms with Crippen LogP contribution in [0.4, 0.5) is 0 Å². The zero-order chi connectivity index (χ0) is 13.3. The van der Waals surface area contributed by atoms with Gasteiger partial charge in [0.25, 0.3) is 5.89 Å². The number of methoxy groups -OCH3 is 1. The Balaban J connectivity index is 1.94. The normalized spacial score (nSPS) is 18.6. The van der Waals surface area contributed by atoms with Gasteiger partial charge in [0.05, 0.1) is 5.69 Å². The van der Waals surface area contributed by atoms with Gasteiger partial charge >= 0.3 is 0 Å². The summed E-state index contributed by atoms with van der Waals surface area (Å²) in [7, 11) is 1.65. The van der Waals surface area contributed by atoms with E-state index in [1.54, 1.807) is 7.11 Å². The third kappa shape index (κ3) is 2.04. The van der Waals surface area contributed by atoms with Gasteiger partial charge in [-0.3, -0.25) is 0 Å². The number of aromatic nitrogens is 3. The second kappa shape index (κ2) is 4.75. The van der Waals surface area contributed by atoms with E-state index >= 15 is 0 Å². The number of ether oxygens (including phenoxy) is 2. The van der Waals surface area contributed by atoms with Gasteiger partial charge in [0.15, 0.2) is 6.39 Å². The molecule has 1 aliphatic rings. The van der Waals surface area contributed by atoms with Gasteiger partial charge in [-0.25, -0.2) is 4.98 Å². The molecule has 0 aromatic carbocycles. The molecular weight excluding hydrogens is 250 g/mol. The Morgan fingerprint density at radius 3 is 2.68 bits per heavy atom. The number of hydrogen-bond donors (Lipinski definition) is 0. The first kappa shape index (κ1) is 12.3. The average Bonchev–Trinajstić information content (AvgIpc) is 3.08. The summed E-state index contributed by atoms with van der Waals surface area (Å²) in [5.41, 5.74) is 0.158. The summed E-state index contributed by atoms with van der Waals surface area (Å²) in [5.74, 6) is 1.29. The number of oxazole rings is 1. The topological polar surface area (TPSA) is 83.4 Å². The Labute approximate surface area is 109 Å². The second-order valence-electron chi connectivity index (χ2n) is 4.49. The quantitative estimate of drug-likeness (QED) is 0.834. The van der Waals surface area contributed by atoms with Crippen LogP contribution in [0.5, 0.6) is 0 Å². The molecule has 0 radical (unpaired) electrons. The molecule has 0 atom stereocenters. The lowest BCUT2D eigenvalue weighted by molar-refractivity contribution is -0.109. The summed E-state index contributed by atoms with van der Waals surface area (Å²) >= 11 is 0. The molecule has 0 aliphatic carbocycles. The number of rotatable bonds is 3. The molecular formula is C12H15N3O4. The van der Waals surface area contributed by atoms with Crippen LogP contribution in [0.1, 0.15) is 24.4 Å². The maximum absolute atomic E-state index is 5.71. The van der Waals surface area contributed by atoms with E-state index in [2.05, 4.69) is 15.2 Å². The number of hydrogen-bond acceptors (Lipinski definition) is 7. The Morgan fingerprint density at radius 1 is 1.26 bits per heavy atom. The molecule has 19 heavy (non-hydrogen) atoms. The Hall–Kier alpha value is -1.73. The highest BCUT2D eigenvalue weighted by atomic mass is 16.5. The van der Waals surface area contributed by atoms with E-state index in [-0.39, 0.29) is 0 Å². The van der Waals surface area contributed by atoms with E-state index in [9.17, 15) is 0 Å². The fraction of sp³-hybridized carbons (Fsp3) is 0.583. The van der Waals surface area contributed by atoms with Gasteiger partial charge in [0.1, 0.15) is 5.60 Å². The van der Waals surface area contributed by atoms with Gasteiger partial charge < -0.3 is 18.3 Å². The lowest BCUT2D eigenvalue weighted by Crippen LogP contribution is -2.35. The summed E-state index contributed by atoms with van der Waals surface area (Å²) in [5, 5.41) is 8.11. The van der Waals surface area contributed by atoms with Crippen molar-refractivity contribution in [2.75, 3.05) is 20.3 Å². The van der Waals surface area contributed by atoms with Crippen molar-refractivity contribution in [3.8, 4) is 11.7 Å². The fourth-order valence-electron chi connectivity index (χ4n) is 2.21. The van der Waals surface area contributed by atoms with Crippen molar-refractivity contribution in [2.45, 2.75) is 25.4 Å². The van der Waals surface area contributed by atoms with Crippen LogP contribution in [0.25, 0.3) is 11.7 Å². The zero-order valence-electron chi connectivity index (χ0n) is 10.9. The summed E-state index contributed by atoms with van der Waals surface area (Å²) in [4.78, 5) is 4.01. The smallest absolute Gasteiger partial charge is 0.285 e. The Morgan fingerprint density at radius 2 is 2.05 bits per heavy atom. The second-order valence-corrected chi connectivity index (χ2v) is 4.49. The van der Waals surface area contributed by atoms with Gasteiger partial charge in [-0.05, 0) is 6.92 Å². The van der Waals surface area contributed by atoms with E-state index in [1.165, 1.54) is 6.39 Å². The van der Waals surface area contributed by atoms with E-state index in [0.29, 0.717) is 49.3 Å². The molecule has 0 N–H and O–H groups in total. The number of nitrogens with zero attached hydrogens (tertiary/aromatic N) is 3. The molecule has 102 valence electrons. The molecule has 0 amide bonds. The summed E-state index contributed by atoms with van der Waals surface area (Å²) < 4.78 is 21.9. The van der Waals surface area contributed by atoms with Gasteiger partial charge in [-0.15, -0.1) is 10.2 Å². The summed E-state index contributed by atoms with van der Waals surface area (Å²) in [6.07, 6.45) is 2.75. The summed E-state index contributed by atoms with van der Waals surface area (Å²) in [6, 6.07) is 0. The highest BCUT2D eigenvalue weighted by Crippen LogP contribution is 2.36. The highest BCUT2D eigenvalue weighted by Gasteiger charge is 2.40. The van der Waals surface area contributed by atoms with Crippen LogP contribution in [-0.4, -0.2) is 35.5 Å². The van der Waals surface area contributed by atoms with Crippen molar-refractivity contribution in [2.24, 2.45) is 0 Å². The third-order valence-electron chi connectivity index (χ3n) is 3.45. The third-order valence-corrected chi connectivity index (χ3v) is 3.45. The van der Waals surface area contributed by atoms with Crippen molar-refractivity contribution in [1.29, 1.82) is 0 Å². The van der Waals surface area contributed by atoms with Crippen LogP contribution in [-0.2, 0) is 15.1 Å². The molecule has 0 bridgehead atoms. The molecule has 0 unspecified atom stereocenters. The van der Waals surface area contributed by atoms with Crippen LogP contribution in [0, 0.1) is 6.92 Å². The minimum absolute atomic E-state index is 0.327. The highest BCUT2D eigenvalue weighted by molar-refractivity contribution is 5.46. The molecule has 2 aromatic heterocycles. The molecule has 1 saturated heterocycles. The van der Waals surface area contributed by atoms with Gasteiger partial charge in [-0.1, -0.05) is 0 Å². The minimum atomic E-state index is -0.558. The van der Waals surface area contributed by atoms with Crippen LogP contribution in [0.15, 0.2) is 15.2 Å². The molecule has 0 saturated carbocycles. The Bertz CT molecular complexity index is 557. The lowest BCUT2D eigenvalue weighted by atomic mass is 9.94. The molecule has 0 spiro atoms. The molecule has 2 aromatic rings. The standard InChI is InChI=1S/C12H15N3O4/c1-8-9(18-7-13-8)10-14-15-11(19-10)12(16-2)3-5-17-6-4-12/h7H,3-6H2,1-2H3. The monoisotopic (exact) mass is 265 g/mol. The lowest BCUT2D eigenvalue weighted by Gasteiger charge is -2.32. The van der Waals surface area contributed by atoms with Crippen molar-refractivity contribution in [3.05, 3.63) is 18.0 Å². The molecule has 3 rings (SSSR count). The predicted molar refractivity (Wildman–Crippen MR) is 63.3 cm³/mol. The largest absolute Gasteiger partial charge is 0.438 e. The van der Waals surface area contributed by atoms with E-state index in [4.69, 9.17) is 18.3 Å². The first-order valence-corrected chi connectivity index (χ1v) is 6.12. The van der Waals surface area contributed by atoms with Crippen molar-refractivity contribution in [1.82, 2.24) is 15.2 Å².